The van der Waals surface area contributed by atoms with Crippen molar-refractivity contribution in [1.29, 1.82) is 5.26 Å². The molecule has 3 N–H and O–H groups in total. The maximum absolute atomic E-state index is 14.2. The van der Waals surface area contributed by atoms with E-state index in [2.05, 4.69) is 20.4 Å². The summed E-state index contributed by atoms with van der Waals surface area (Å²) in [4.78, 5) is 33.7. The molecule has 0 radical (unpaired) electrons. The highest BCUT2D eigenvalue weighted by Crippen LogP contribution is 2.42. The van der Waals surface area contributed by atoms with Gasteiger partial charge in [-0.05, 0) is 19.9 Å². The molecule has 34 heavy (non-hydrogen) atoms. The van der Waals surface area contributed by atoms with Gasteiger partial charge in [0.1, 0.15) is 29.1 Å². The van der Waals surface area contributed by atoms with Gasteiger partial charge in [0.2, 0.25) is 11.8 Å². The number of fused-ring (bicyclic) bond motifs is 1. The van der Waals surface area contributed by atoms with Crippen LogP contribution >= 0.6 is 0 Å². The number of rotatable bonds is 6. The number of nitrogens with one attached hydrogen (secondary N) is 1. The molecule has 1 aliphatic rings. The second kappa shape index (κ2) is 8.43. The predicted octanol–water partition coefficient (Wildman–Crippen LogP) is 1.76. The Morgan fingerprint density at radius 1 is 1.35 bits per heavy atom. The standard InChI is InChI=1S/C22H20FN7O4/c1-4-34-21(32)22(2)14-16(25)26-18(27-17(14)28-20(22)31)15-12(9-24)19(33-3)30(29-15)10-11-7-5-6-8-13(11)23/h5-8H,4,10H2,1-3H3,(H3,25,26,27,28,31). The number of nitriles is 1. The van der Waals surface area contributed by atoms with Crippen LogP contribution in [-0.4, -0.2) is 45.3 Å². The molecule has 0 saturated heterocycles. The molecule has 11 nitrogen and oxygen atoms in total. The van der Waals surface area contributed by atoms with E-state index in [1.54, 1.807) is 25.1 Å². The predicted molar refractivity (Wildman–Crippen MR) is 117 cm³/mol. The van der Waals surface area contributed by atoms with Gasteiger partial charge in [-0.15, -0.1) is 0 Å². The minimum absolute atomic E-state index is 0.00401. The van der Waals surface area contributed by atoms with Crippen LogP contribution < -0.4 is 15.8 Å². The number of nitrogen functional groups attached to an aromatic ring is 1. The van der Waals surface area contributed by atoms with Gasteiger partial charge in [-0.25, -0.2) is 19.0 Å². The molecule has 0 fully saturated rings. The lowest BCUT2D eigenvalue weighted by molar-refractivity contribution is -0.152. The number of hydrogen-bond donors (Lipinski definition) is 2. The minimum Gasteiger partial charge on any atom is -0.480 e. The van der Waals surface area contributed by atoms with Crippen LogP contribution in [0.1, 0.15) is 30.5 Å². The van der Waals surface area contributed by atoms with Crippen LogP contribution in [-0.2, 0) is 26.3 Å². The van der Waals surface area contributed by atoms with Crippen LogP contribution in [0.2, 0.25) is 0 Å². The van der Waals surface area contributed by atoms with Crippen LogP contribution in [0.5, 0.6) is 5.88 Å². The summed E-state index contributed by atoms with van der Waals surface area (Å²) in [6, 6.07) is 8.12. The van der Waals surface area contributed by atoms with Crippen molar-refractivity contribution in [1.82, 2.24) is 19.7 Å². The van der Waals surface area contributed by atoms with E-state index >= 15 is 0 Å². The Bertz CT molecular complexity index is 1360. The molecule has 1 aromatic carbocycles. The average molecular weight is 465 g/mol. The second-order valence-electron chi connectivity index (χ2n) is 7.55. The summed E-state index contributed by atoms with van der Waals surface area (Å²) < 4.78 is 25.9. The summed E-state index contributed by atoms with van der Waals surface area (Å²) in [6.07, 6.45) is 0. The minimum atomic E-state index is -1.73. The second-order valence-corrected chi connectivity index (χ2v) is 7.55. The molecule has 0 bridgehead atoms. The normalized spacial score (nSPS) is 16.5. The van der Waals surface area contributed by atoms with Crippen molar-refractivity contribution in [3.05, 3.63) is 46.8 Å². The highest BCUT2D eigenvalue weighted by atomic mass is 19.1. The zero-order valence-corrected chi connectivity index (χ0v) is 18.5. The summed E-state index contributed by atoms with van der Waals surface area (Å²) in [5.74, 6) is -2.05. The average Bonchev–Trinajstić information content (AvgIpc) is 3.30. The van der Waals surface area contributed by atoms with Crippen molar-refractivity contribution in [3.8, 4) is 23.5 Å². The first-order valence-corrected chi connectivity index (χ1v) is 10.2. The number of aromatic nitrogens is 4. The Balaban J connectivity index is 1.83. The fraction of sp³-hybridized carbons (Fsp3) is 0.273. The quantitative estimate of drug-likeness (QED) is 0.409. The SMILES string of the molecule is CCOC(=O)C1(C)C(=O)Nc2nc(-c3nn(Cc4ccccc4F)c(OC)c3C#N)nc(N)c21. The first-order chi connectivity index (χ1) is 16.3. The number of methoxy groups -OCH3 is 1. The van der Waals surface area contributed by atoms with Crippen LogP contribution in [0.25, 0.3) is 11.5 Å². The van der Waals surface area contributed by atoms with Gasteiger partial charge < -0.3 is 20.5 Å². The summed E-state index contributed by atoms with van der Waals surface area (Å²) >= 11 is 0. The van der Waals surface area contributed by atoms with E-state index < -0.39 is 23.1 Å². The Morgan fingerprint density at radius 2 is 2.09 bits per heavy atom. The molecule has 3 heterocycles. The molecule has 1 aliphatic heterocycles. The number of ether oxygens (including phenoxy) is 2. The van der Waals surface area contributed by atoms with Gasteiger partial charge in [0.25, 0.3) is 0 Å². The molecule has 0 aliphatic carbocycles. The van der Waals surface area contributed by atoms with Crippen LogP contribution in [0, 0.1) is 17.1 Å². The lowest BCUT2D eigenvalue weighted by Gasteiger charge is -2.20. The summed E-state index contributed by atoms with van der Waals surface area (Å²) in [5.41, 5.74) is 4.83. The summed E-state index contributed by atoms with van der Waals surface area (Å²) in [7, 11) is 1.35. The first kappa shape index (κ1) is 22.7. The van der Waals surface area contributed by atoms with Crippen molar-refractivity contribution in [2.24, 2.45) is 0 Å². The Kier molecular flexibility index (Phi) is 5.62. The van der Waals surface area contributed by atoms with E-state index in [0.29, 0.717) is 5.56 Å². The van der Waals surface area contributed by atoms with Gasteiger partial charge in [-0.3, -0.25) is 9.59 Å². The molecule has 3 aromatic rings. The molecule has 1 unspecified atom stereocenters. The Labute approximate surface area is 193 Å². The first-order valence-electron chi connectivity index (χ1n) is 10.2. The maximum atomic E-state index is 14.2. The van der Waals surface area contributed by atoms with Gasteiger partial charge >= 0.3 is 5.97 Å². The number of hydrogen-bond acceptors (Lipinski definition) is 9. The molecule has 12 heteroatoms. The van der Waals surface area contributed by atoms with E-state index in [1.165, 1.54) is 24.8 Å². The van der Waals surface area contributed by atoms with Crippen LogP contribution in [0.15, 0.2) is 24.3 Å². The van der Waals surface area contributed by atoms with Crippen LogP contribution in [0.4, 0.5) is 16.0 Å². The number of anilines is 2. The van der Waals surface area contributed by atoms with Gasteiger partial charge in [-0.1, -0.05) is 18.2 Å². The van der Waals surface area contributed by atoms with Crippen molar-refractivity contribution in [2.45, 2.75) is 25.8 Å². The number of carbonyl (C=O) groups excluding carboxylic acids is 2. The molecule has 1 amide bonds. The number of benzene rings is 1. The van der Waals surface area contributed by atoms with E-state index in [-0.39, 0.29) is 53.3 Å². The molecule has 174 valence electrons. The van der Waals surface area contributed by atoms with Gasteiger partial charge in [0.05, 0.1) is 25.8 Å². The third-order valence-electron chi connectivity index (χ3n) is 5.51. The third kappa shape index (κ3) is 3.38. The van der Waals surface area contributed by atoms with Crippen molar-refractivity contribution in [2.75, 3.05) is 24.8 Å². The van der Waals surface area contributed by atoms with Crippen LogP contribution in [0.3, 0.4) is 0 Å². The molecule has 0 saturated carbocycles. The molecular formula is C22H20FN7O4. The van der Waals surface area contributed by atoms with Gasteiger partial charge in [0.15, 0.2) is 16.9 Å². The highest BCUT2D eigenvalue weighted by molar-refractivity contribution is 6.19. The molecule has 4 rings (SSSR count). The Morgan fingerprint density at radius 3 is 2.74 bits per heavy atom. The highest BCUT2D eigenvalue weighted by Gasteiger charge is 2.53. The number of carbonyl (C=O) groups is 2. The van der Waals surface area contributed by atoms with Gasteiger partial charge in [-0.2, -0.15) is 10.4 Å². The van der Waals surface area contributed by atoms with E-state index in [0.717, 1.165) is 0 Å². The maximum Gasteiger partial charge on any atom is 0.326 e. The zero-order chi connectivity index (χ0) is 24.6. The number of halogens is 1. The number of amides is 1. The smallest absolute Gasteiger partial charge is 0.326 e. The summed E-state index contributed by atoms with van der Waals surface area (Å²) in [6.45, 7) is 3.04. The van der Waals surface area contributed by atoms with E-state index in [4.69, 9.17) is 15.2 Å². The monoisotopic (exact) mass is 465 g/mol. The number of nitrogens with two attached hydrogens (primary N) is 1. The lowest BCUT2D eigenvalue weighted by atomic mass is 9.84. The number of esters is 1. The Hall–Kier alpha value is -4.53. The molecular weight excluding hydrogens is 445 g/mol. The largest absolute Gasteiger partial charge is 0.480 e. The van der Waals surface area contributed by atoms with Crippen molar-refractivity contribution >= 4 is 23.5 Å². The molecule has 0 spiro atoms. The topological polar surface area (TPSA) is 158 Å². The summed E-state index contributed by atoms with van der Waals surface area (Å²) in [5, 5.41) is 16.7. The third-order valence-corrected chi connectivity index (χ3v) is 5.51. The molecule has 1 atom stereocenters. The zero-order valence-electron chi connectivity index (χ0n) is 18.5. The fourth-order valence-corrected chi connectivity index (χ4v) is 3.79. The number of nitrogens with zero attached hydrogens (tertiary/aromatic N) is 5. The van der Waals surface area contributed by atoms with Crippen molar-refractivity contribution < 1.29 is 23.5 Å². The fourth-order valence-electron chi connectivity index (χ4n) is 3.79. The molecule has 2 aromatic heterocycles. The van der Waals surface area contributed by atoms with E-state index in [9.17, 15) is 19.2 Å². The van der Waals surface area contributed by atoms with Crippen molar-refractivity contribution in [3.63, 3.8) is 0 Å². The van der Waals surface area contributed by atoms with Gasteiger partial charge in [0, 0.05) is 5.56 Å². The van der Waals surface area contributed by atoms with E-state index in [1.807, 2.05) is 6.07 Å². The lowest BCUT2D eigenvalue weighted by Crippen LogP contribution is -2.41.